The van der Waals surface area contributed by atoms with E-state index in [-0.39, 0.29) is 33.6 Å². The first-order valence-corrected chi connectivity index (χ1v) is 6.32. The molecule has 0 aliphatic heterocycles. The molecule has 11 heteroatoms. The van der Waals surface area contributed by atoms with Crippen molar-refractivity contribution in [3.63, 3.8) is 0 Å². The van der Waals surface area contributed by atoms with Gasteiger partial charge in [-0.2, -0.15) is 15.0 Å². The molecule has 6 N–H and O–H groups in total. The van der Waals surface area contributed by atoms with Crippen molar-refractivity contribution in [2.24, 2.45) is 5.84 Å². The Morgan fingerprint density at radius 1 is 1.40 bits per heavy atom. The highest BCUT2D eigenvalue weighted by atomic mass is 32.2. The average Bonchev–Trinajstić information content (AvgIpc) is 2.37. The second kappa shape index (κ2) is 6.16. The van der Waals surface area contributed by atoms with Crippen LogP contribution >= 0.6 is 11.8 Å². The molecule has 0 unspecified atom stereocenters. The Balaban J connectivity index is 2.31. The van der Waals surface area contributed by atoms with Crippen LogP contribution in [0.5, 0.6) is 6.01 Å². The summed E-state index contributed by atoms with van der Waals surface area (Å²) in [4.78, 5) is 29.7. The molecule has 2 aromatic rings. The number of nitrogen functional groups attached to an aromatic ring is 2. The molecule has 2 aromatic heterocycles. The zero-order valence-corrected chi connectivity index (χ0v) is 11.3. The van der Waals surface area contributed by atoms with Crippen molar-refractivity contribution in [1.29, 1.82) is 0 Å². The molecule has 0 saturated carbocycles. The van der Waals surface area contributed by atoms with E-state index in [1.54, 1.807) is 6.92 Å². The van der Waals surface area contributed by atoms with Crippen LogP contribution in [0.25, 0.3) is 0 Å². The molecule has 0 aromatic carbocycles. The Bertz CT molecular complexity index is 661. The van der Waals surface area contributed by atoms with Gasteiger partial charge < -0.3 is 15.5 Å². The highest BCUT2D eigenvalue weighted by molar-refractivity contribution is 7.99. The highest BCUT2D eigenvalue weighted by Gasteiger charge is 2.10. The molecular weight excluding hydrogens is 284 g/mol. The molecule has 10 nitrogen and oxygen atoms in total. The Hall–Kier alpha value is -2.40. The zero-order chi connectivity index (χ0) is 14.5. The van der Waals surface area contributed by atoms with Crippen LogP contribution in [0.3, 0.4) is 0 Å². The van der Waals surface area contributed by atoms with Crippen LogP contribution in [0.15, 0.2) is 21.2 Å². The van der Waals surface area contributed by atoms with Gasteiger partial charge in [-0.25, -0.2) is 10.8 Å². The summed E-state index contributed by atoms with van der Waals surface area (Å²) in [7, 11) is 0. The number of aromatic amines is 1. The fraction of sp³-hybridized carbons (Fsp3) is 0.222. The minimum absolute atomic E-state index is 0.104. The number of nitrogens with two attached hydrogens (primary N) is 2. The average molecular weight is 296 g/mol. The molecule has 0 bridgehead atoms. The second-order valence-corrected chi connectivity index (χ2v) is 4.33. The minimum atomic E-state index is -0.365. The first-order chi connectivity index (χ1) is 9.60. The van der Waals surface area contributed by atoms with Gasteiger partial charge >= 0.3 is 6.01 Å². The number of nitrogens with one attached hydrogen (secondary N) is 2. The zero-order valence-electron chi connectivity index (χ0n) is 10.5. The van der Waals surface area contributed by atoms with Gasteiger partial charge in [-0.3, -0.25) is 10.2 Å². The van der Waals surface area contributed by atoms with E-state index in [4.69, 9.17) is 16.3 Å². The van der Waals surface area contributed by atoms with Crippen molar-refractivity contribution in [2.75, 3.05) is 17.8 Å². The summed E-state index contributed by atoms with van der Waals surface area (Å²) < 4.78 is 5.19. The van der Waals surface area contributed by atoms with Crippen LogP contribution in [0.2, 0.25) is 0 Å². The quantitative estimate of drug-likeness (QED) is 0.318. The number of hydrazine groups is 1. The molecule has 0 atom stereocenters. The van der Waals surface area contributed by atoms with E-state index in [0.29, 0.717) is 6.61 Å². The lowest BCUT2D eigenvalue weighted by molar-refractivity contribution is 0.308. The first-order valence-electron chi connectivity index (χ1n) is 5.51. The Kier molecular flexibility index (Phi) is 4.32. The highest BCUT2D eigenvalue weighted by Crippen LogP contribution is 2.22. The SMILES string of the molecule is CCOc1nc(NN)nc(Sc2nc(N)cc(=O)[nH]2)n1. The molecule has 0 amide bonds. The molecule has 0 fully saturated rings. The molecule has 0 radical (unpaired) electrons. The summed E-state index contributed by atoms with van der Waals surface area (Å²) in [6.07, 6.45) is 0. The summed E-state index contributed by atoms with van der Waals surface area (Å²) in [5, 5.41) is 0.511. The lowest BCUT2D eigenvalue weighted by Gasteiger charge is -2.05. The van der Waals surface area contributed by atoms with E-state index in [1.807, 2.05) is 0 Å². The van der Waals surface area contributed by atoms with Crippen molar-refractivity contribution in [3.05, 3.63) is 16.4 Å². The van der Waals surface area contributed by atoms with Crippen LogP contribution in [0, 0.1) is 0 Å². The summed E-state index contributed by atoms with van der Waals surface area (Å²) in [6, 6.07) is 1.29. The smallest absolute Gasteiger partial charge is 0.322 e. The number of hydrogen-bond acceptors (Lipinski definition) is 10. The number of ether oxygens (including phenoxy) is 1. The molecule has 0 saturated heterocycles. The fourth-order valence-corrected chi connectivity index (χ4v) is 1.96. The summed E-state index contributed by atoms with van der Waals surface area (Å²) in [5.74, 6) is 5.50. The van der Waals surface area contributed by atoms with Crippen LogP contribution in [0.1, 0.15) is 6.92 Å². The summed E-state index contributed by atoms with van der Waals surface area (Å²) >= 11 is 1.00. The third-order valence-corrected chi connectivity index (χ3v) is 2.68. The first kappa shape index (κ1) is 14.0. The van der Waals surface area contributed by atoms with Crippen molar-refractivity contribution < 1.29 is 4.74 Å². The summed E-state index contributed by atoms with van der Waals surface area (Å²) in [6.45, 7) is 2.19. The van der Waals surface area contributed by atoms with E-state index in [9.17, 15) is 4.79 Å². The largest absolute Gasteiger partial charge is 0.464 e. The van der Waals surface area contributed by atoms with Crippen molar-refractivity contribution in [2.45, 2.75) is 17.2 Å². The van der Waals surface area contributed by atoms with Gasteiger partial charge in [0.05, 0.1) is 6.61 Å². The lowest BCUT2D eigenvalue weighted by atomic mass is 10.6. The van der Waals surface area contributed by atoms with Crippen molar-refractivity contribution >= 4 is 23.5 Å². The summed E-state index contributed by atoms with van der Waals surface area (Å²) in [5.41, 5.74) is 7.43. The van der Waals surface area contributed by atoms with Crippen LogP contribution in [-0.2, 0) is 0 Å². The molecule has 0 aliphatic carbocycles. The Labute approximate surface area is 117 Å². The van der Waals surface area contributed by atoms with Gasteiger partial charge in [0.1, 0.15) is 5.82 Å². The van der Waals surface area contributed by atoms with Gasteiger partial charge in [-0.15, -0.1) is 0 Å². The Morgan fingerprint density at radius 2 is 2.20 bits per heavy atom. The fourth-order valence-electron chi connectivity index (χ4n) is 1.23. The predicted molar refractivity (Wildman–Crippen MR) is 72.2 cm³/mol. The number of nitrogens with zero attached hydrogens (tertiary/aromatic N) is 4. The predicted octanol–water partition coefficient (Wildman–Crippen LogP) is -0.627. The van der Waals surface area contributed by atoms with Gasteiger partial charge in [0.15, 0.2) is 5.16 Å². The Morgan fingerprint density at radius 3 is 2.85 bits per heavy atom. The molecule has 20 heavy (non-hydrogen) atoms. The standard InChI is InChI=1S/C9H12N8O2S/c1-2-19-7-14-6(17-11)15-9(16-7)20-8-12-4(10)3-5(18)13-8/h3H,2,11H2,1H3,(H3,10,12,13,18)(H,14,15,16,17). The normalized spacial score (nSPS) is 10.3. The molecular formula is C9H12N8O2S. The van der Waals surface area contributed by atoms with Gasteiger partial charge in [0.2, 0.25) is 11.1 Å². The number of anilines is 2. The molecule has 2 rings (SSSR count). The van der Waals surface area contributed by atoms with Gasteiger partial charge in [0.25, 0.3) is 5.56 Å². The molecule has 106 valence electrons. The monoisotopic (exact) mass is 296 g/mol. The topological polar surface area (TPSA) is 158 Å². The molecule has 0 aliphatic rings. The maximum absolute atomic E-state index is 11.3. The van der Waals surface area contributed by atoms with Crippen LogP contribution in [-0.4, -0.2) is 31.5 Å². The van der Waals surface area contributed by atoms with Gasteiger partial charge in [-0.05, 0) is 18.7 Å². The number of H-pyrrole nitrogens is 1. The third-order valence-electron chi connectivity index (χ3n) is 1.92. The molecule has 2 heterocycles. The molecule has 0 spiro atoms. The van der Waals surface area contributed by atoms with Crippen LogP contribution < -0.4 is 27.3 Å². The van der Waals surface area contributed by atoms with E-state index < -0.39 is 0 Å². The third kappa shape index (κ3) is 3.55. The van der Waals surface area contributed by atoms with E-state index in [1.165, 1.54) is 6.07 Å². The van der Waals surface area contributed by atoms with Crippen LogP contribution in [0.4, 0.5) is 11.8 Å². The number of aromatic nitrogens is 5. The lowest BCUT2D eigenvalue weighted by Crippen LogP contribution is -2.13. The van der Waals surface area contributed by atoms with Gasteiger partial charge in [0, 0.05) is 6.07 Å². The van der Waals surface area contributed by atoms with Crippen molar-refractivity contribution in [3.8, 4) is 6.01 Å². The maximum atomic E-state index is 11.3. The number of rotatable bonds is 5. The second-order valence-electron chi connectivity index (χ2n) is 3.38. The maximum Gasteiger partial charge on any atom is 0.322 e. The minimum Gasteiger partial charge on any atom is -0.464 e. The number of hydrogen-bond donors (Lipinski definition) is 4. The van der Waals surface area contributed by atoms with Gasteiger partial charge in [-0.1, -0.05) is 0 Å². The van der Waals surface area contributed by atoms with E-state index >= 15 is 0 Å². The van der Waals surface area contributed by atoms with Crippen molar-refractivity contribution in [1.82, 2.24) is 24.9 Å². The van der Waals surface area contributed by atoms with E-state index in [2.05, 4.69) is 30.3 Å². The van der Waals surface area contributed by atoms with E-state index in [0.717, 1.165) is 11.8 Å².